The third kappa shape index (κ3) is 2.48. The van der Waals surface area contributed by atoms with Crippen molar-refractivity contribution < 1.29 is 4.74 Å². The van der Waals surface area contributed by atoms with Gasteiger partial charge in [0.05, 0.1) is 31.1 Å². The fourth-order valence-electron chi connectivity index (χ4n) is 2.91. The summed E-state index contributed by atoms with van der Waals surface area (Å²) in [5, 5.41) is 3.42. The van der Waals surface area contributed by atoms with Gasteiger partial charge in [-0.15, -0.1) is 0 Å². The van der Waals surface area contributed by atoms with Crippen LogP contribution in [0.1, 0.15) is 5.56 Å². The predicted molar refractivity (Wildman–Crippen MR) is 92.2 cm³/mol. The van der Waals surface area contributed by atoms with Crippen LogP contribution in [0.5, 0.6) is 0 Å². The van der Waals surface area contributed by atoms with E-state index in [0.29, 0.717) is 0 Å². The number of rotatable bonds is 1. The van der Waals surface area contributed by atoms with Crippen molar-refractivity contribution in [3.63, 3.8) is 0 Å². The van der Waals surface area contributed by atoms with Crippen LogP contribution >= 0.6 is 12.8 Å². The summed E-state index contributed by atoms with van der Waals surface area (Å²) >= 11 is 4.67. The van der Waals surface area contributed by atoms with Gasteiger partial charge in [-0.25, -0.2) is 4.98 Å². The van der Waals surface area contributed by atoms with E-state index in [-0.39, 0.29) is 0 Å². The molecule has 0 spiro atoms. The molecule has 0 amide bonds. The SMILES string of the molecule is SN1Cc2cccnc2Nc2ccc(N3CCOCC3)cc21. The summed E-state index contributed by atoms with van der Waals surface area (Å²) in [7, 11) is 0. The maximum atomic E-state index is 5.43. The van der Waals surface area contributed by atoms with Gasteiger partial charge in [-0.3, -0.25) is 0 Å². The van der Waals surface area contributed by atoms with Crippen LogP contribution in [-0.2, 0) is 11.3 Å². The van der Waals surface area contributed by atoms with Gasteiger partial charge in [0.1, 0.15) is 5.82 Å². The van der Waals surface area contributed by atoms with Gasteiger partial charge in [0.2, 0.25) is 0 Å². The molecule has 114 valence electrons. The molecule has 2 aliphatic heterocycles. The lowest BCUT2D eigenvalue weighted by Gasteiger charge is -2.30. The van der Waals surface area contributed by atoms with Crippen molar-refractivity contribution in [1.82, 2.24) is 4.98 Å². The standard InChI is InChI=1S/C16H18N4OS/c22-20-11-12-2-1-5-17-16(12)18-14-4-3-13(10-15(14)20)19-6-8-21-9-7-19/h1-5,10,22H,6-9,11H2,(H,17,18). The smallest absolute Gasteiger partial charge is 0.135 e. The topological polar surface area (TPSA) is 40.6 Å². The van der Waals surface area contributed by atoms with Crippen LogP contribution in [0.3, 0.4) is 0 Å². The van der Waals surface area contributed by atoms with Gasteiger partial charge in [-0.2, -0.15) is 0 Å². The first-order valence-corrected chi connectivity index (χ1v) is 7.85. The maximum absolute atomic E-state index is 5.43. The Balaban J connectivity index is 1.70. The lowest BCUT2D eigenvalue weighted by atomic mass is 10.2. The minimum absolute atomic E-state index is 0.721. The number of nitrogens with zero attached hydrogens (tertiary/aromatic N) is 3. The van der Waals surface area contributed by atoms with Crippen molar-refractivity contribution >= 4 is 35.7 Å². The van der Waals surface area contributed by atoms with E-state index < -0.39 is 0 Å². The van der Waals surface area contributed by atoms with Crippen LogP contribution in [0.15, 0.2) is 36.5 Å². The molecule has 22 heavy (non-hydrogen) atoms. The van der Waals surface area contributed by atoms with Crippen molar-refractivity contribution in [2.24, 2.45) is 0 Å². The summed E-state index contributed by atoms with van der Waals surface area (Å²) in [5.41, 5.74) is 4.46. The van der Waals surface area contributed by atoms with E-state index >= 15 is 0 Å². The first kappa shape index (κ1) is 13.7. The quantitative estimate of drug-likeness (QED) is 0.792. The number of pyridine rings is 1. The zero-order valence-electron chi connectivity index (χ0n) is 12.2. The number of aromatic nitrogens is 1. The zero-order valence-corrected chi connectivity index (χ0v) is 13.1. The normalized spacial score (nSPS) is 17.3. The van der Waals surface area contributed by atoms with Crippen LogP contribution in [0.25, 0.3) is 0 Å². The van der Waals surface area contributed by atoms with Crippen molar-refractivity contribution in [3.8, 4) is 0 Å². The van der Waals surface area contributed by atoms with E-state index in [4.69, 9.17) is 4.74 Å². The van der Waals surface area contributed by atoms with Crippen molar-refractivity contribution in [2.45, 2.75) is 6.54 Å². The molecule has 1 aromatic heterocycles. The third-order valence-electron chi connectivity index (χ3n) is 4.10. The summed E-state index contributed by atoms with van der Waals surface area (Å²) in [6, 6.07) is 10.5. The molecule has 1 aromatic carbocycles. The van der Waals surface area contributed by atoms with E-state index in [2.05, 4.69) is 52.3 Å². The average molecular weight is 314 g/mol. The number of thiol groups is 1. The fraction of sp³-hybridized carbons (Fsp3) is 0.312. The molecule has 5 nitrogen and oxygen atoms in total. The van der Waals surface area contributed by atoms with Crippen molar-refractivity contribution in [2.75, 3.05) is 40.8 Å². The summed E-state index contributed by atoms with van der Waals surface area (Å²) in [6.07, 6.45) is 1.81. The van der Waals surface area contributed by atoms with Crippen LogP contribution < -0.4 is 14.5 Å². The van der Waals surface area contributed by atoms with Gasteiger partial charge in [0, 0.05) is 30.5 Å². The highest BCUT2D eigenvalue weighted by Gasteiger charge is 2.20. The Hall–Kier alpha value is -1.92. The molecule has 4 rings (SSSR count). The molecule has 1 fully saturated rings. The molecular weight excluding hydrogens is 296 g/mol. The van der Waals surface area contributed by atoms with Gasteiger partial charge in [0.25, 0.3) is 0 Å². The van der Waals surface area contributed by atoms with Crippen LogP contribution in [0.4, 0.5) is 22.9 Å². The second kappa shape index (κ2) is 5.70. The Labute approximate surface area is 135 Å². The Morgan fingerprint density at radius 3 is 2.91 bits per heavy atom. The lowest BCUT2D eigenvalue weighted by Crippen LogP contribution is -2.36. The summed E-state index contributed by atoms with van der Waals surface area (Å²) < 4.78 is 7.40. The van der Waals surface area contributed by atoms with Crippen LogP contribution in [0.2, 0.25) is 0 Å². The van der Waals surface area contributed by atoms with E-state index in [1.807, 2.05) is 16.6 Å². The Morgan fingerprint density at radius 2 is 2.05 bits per heavy atom. The second-order valence-electron chi connectivity index (χ2n) is 5.49. The molecule has 1 saturated heterocycles. The van der Waals surface area contributed by atoms with E-state index in [1.165, 1.54) is 5.69 Å². The number of benzene rings is 1. The fourth-order valence-corrected chi connectivity index (χ4v) is 3.23. The molecule has 0 unspecified atom stereocenters. The summed E-state index contributed by atoms with van der Waals surface area (Å²) in [4.78, 5) is 6.78. The van der Waals surface area contributed by atoms with Crippen LogP contribution in [0, 0.1) is 0 Å². The van der Waals surface area contributed by atoms with Crippen molar-refractivity contribution in [1.29, 1.82) is 0 Å². The number of hydrogen-bond acceptors (Lipinski definition) is 6. The van der Waals surface area contributed by atoms with E-state index in [9.17, 15) is 0 Å². The minimum Gasteiger partial charge on any atom is -0.378 e. The molecular formula is C16H18N4OS. The van der Waals surface area contributed by atoms with Crippen LogP contribution in [-0.4, -0.2) is 31.3 Å². The molecule has 2 aliphatic rings. The number of nitrogens with one attached hydrogen (secondary N) is 1. The molecule has 2 aromatic rings. The Kier molecular flexibility index (Phi) is 3.56. The third-order valence-corrected chi connectivity index (χ3v) is 4.46. The number of hydrogen-bond donors (Lipinski definition) is 2. The molecule has 0 atom stereocenters. The maximum Gasteiger partial charge on any atom is 0.135 e. The number of fused-ring (bicyclic) bond motifs is 2. The number of anilines is 4. The molecule has 3 heterocycles. The van der Waals surface area contributed by atoms with Crippen molar-refractivity contribution in [3.05, 3.63) is 42.1 Å². The largest absolute Gasteiger partial charge is 0.378 e. The highest BCUT2D eigenvalue weighted by atomic mass is 32.1. The van der Waals surface area contributed by atoms with Gasteiger partial charge < -0.3 is 19.3 Å². The molecule has 6 heteroatoms. The van der Waals surface area contributed by atoms with E-state index in [0.717, 1.165) is 55.6 Å². The first-order chi connectivity index (χ1) is 10.8. The minimum atomic E-state index is 0.721. The Bertz CT molecular complexity index is 688. The zero-order chi connectivity index (χ0) is 14.9. The van der Waals surface area contributed by atoms with E-state index in [1.54, 1.807) is 0 Å². The average Bonchev–Trinajstić information content (AvgIpc) is 2.71. The summed E-state index contributed by atoms with van der Waals surface area (Å²) in [5.74, 6) is 0.902. The monoisotopic (exact) mass is 314 g/mol. The van der Waals surface area contributed by atoms with Gasteiger partial charge in [-0.05, 0) is 24.3 Å². The van der Waals surface area contributed by atoms with Gasteiger partial charge in [-0.1, -0.05) is 18.9 Å². The number of morpholine rings is 1. The van der Waals surface area contributed by atoms with Gasteiger partial charge >= 0.3 is 0 Å². The predicted octanol–water partition coefficient (Wildman–Crippen LogP) is 2.83. The first-order valence-electron chi connectivity index (χ1n) is 7.45. The molecule has 0 bridgehead atoms. The molecule has 0 aliphatic carbocycles. The Morgan fingerprint density at radius 1 is 1.18 bits per heavy atom. The highest BCUT2D eigenvalue weighted by molar-refractivity contribution is 7.81. The summed E-state index contributed by atoms with van der Waals surface area (Å²) in [6.45, 7) is 4.16. The number of ether oxygens (including phenoxy) is 1. The molecule has 0 radical (unpaired) electrons. The molecule has 1 N–H and O–H groups in total. The van der Waals surface area contributed by atoms with Gasteiger partial charge in [0.15, 0.2) is 0 Å². The highest BCUT2D eigenvalue weighted by Crippen LogP contribution is 2.38. The second-order valence-corrected chi connectivity index (χ2v) is 5.98. The lowest BCUT2D eigenvalue weighted by molar-refractivity contribution is 0.122. The molecule has 0 saturated carbocycles.